The van der Waals surface area contributed by atoms with Crippen LogP contribution in [-0.2, 0) is 18.6 Å². The minimum Gasteiger partial charge on any atom is -0.403 e. The monoisotopic (exact) mass is 655 g/mol. The molecule has 0 saturated heterocycles. The summed E-state index contributed by atoms with van der Waals surface area (Å²) in [5, 5.41) is 2.33. The van der Waals surface area contributed by atoms with E-state index in [-0.39, 0.29) is 11.1 Å². The van der Waals surface area contributed by atoms with Crippen LogP contribution in [0.5, 0.6) is 0 Å². The van der Waals surface area contributed by atoms with Crippen molar-refractivity contribution >= 4 is 33.0 Å². The highest BCUT2D eigenvalue weighted by Gasteiger charge is 2.59. The van der Waals surface area contributed by atoms with Gasteiger partial charge in [-0.05, 0) is 75.8 Å². The second-order valence-electron chi connectivity index (χ2n) is 15.4. The number of para-hydroxylation sites is 1. The second-order valence-corrected chi connectivity index (χ2v) is 15.4. The smallest absolute Gasteiger partial charge is 0.403 e. The Balaban J connectivity index is 1.41. The first-order chi connectivity index (χ1) is 23.2. The molecule has 4 aromatic heterocycles. The fourth-order valence-corrected chi connectivity index (χ4v) is 8.19. The highest BCUT2D eigenvalue weighted by molar-refractivity contribution is 6.08. The Morgan fingerprint density at radius 1 is 0.755 bits per heavy atom. The molecule has 0 saturated carbocycles. The number of halogens is 2. The van der Waals surface area contributed by atoms with E-state index in [4.69, 9.17) is 4.42 Å². The van der Waals surface area contributed by atoms with Gasteiger partial charge >= 0.3 is 11.9 Å². The van der Waals surface area contributed by atoms with E-state index in [1.54, 1.807) is 6.07 Å². The summed E-state index contributed by atoms with van der Waals surface area (Å²) in [6, 6.07) is 26.4. The topological polar surface area (TPSA) is 25.8 Å². The first-order valence-electron chi connectivity index (χ1n) is 17.3. The zero-order valence-corrected chi connectivity index (χ0v) is 29.7. The van der Waals surface area contributed by atoms with Gasteiger partial charge in [-0.15, -0.1) is 8.78 Å². The Hall–Kier alpha value is -4.84. The molecule has 0 spiro atoms. The molecule has 248 valence electrons. The molecule has 0 aliphatic carbocycles. The third-order valence-corrected chi connectivity index (χ3v) is 10.4. The number of alkyl halides is 2. The Morgan fingerprint density at radius 2 is 1.43 bits per heavy atom. The summed E-state index contributed by atoms with van der Waals surface area (Å²) in [5.74, 6) is 0.701. The maximum atomic E-state index is 17.0. The Bertz CT molecular complexity index is 2460. The van der Waals surface area contributed by atoms with Crippen LogP contribution in [0.25, 0.3) is 66.7 Å². The fourth-order valence-electron chi connectivity index (χ4n) is 8.19. The average molecular weight is 656 g/mol. The SMILES string of the molecule is Cc1ccc2c(oc3c2ccc2[n+]3C(F)(F)n3c-2c(C(C)(C)C)c2ccccc23)c1-c1cc(-c2c(C(C)C)cccc2C(C)C)cc[n+]1C. The molecule has 3 aromatic carbocycles. The molecule has 1 aliphatic rings. The van der Waals surface area contributed by atoms with E-state index in [9.17, 15) is 0 Å². The highest BCUT2D eigenvalue weighted by Crippen LogP contribution is 2.49. The molecule has 0 bridgehead atoms. The van der Waals surface area contributed by atoms with Gasteiger partial charge in [0.15, 0.2) is 11.8 Å². The number of hydrogen-bond donors (Lipinski definition) is 0. The van der Waals surface area contributed by atoms with Crippen molar-refractivity contribution < 1.29 is 22.3 Å². The van der Waals surface area contributed by atoms with Gasteiger partial charge in [0.1, 0.15) is 12.7 Å². The molecule has 0 unspecified atom stereocenters. The number of benzene rings is 3. The second kappa shape index (κ2) is 10.6. The van der Waals surface area contributed by atoms with E-state index >= 15 is 8.78 Å². The van der Waals surface area contributed by atoms with E-state index in [1.165, 1.54) is 21.3 Å². The van der Waals surface area contributed by atoms with Crippen LogP contribution in [0.4, 0.5) is 8.78 Å². The number of hydrogen-bond acceptors (Lipinski definition) is 1. The van der Waals surface area contributed by atoms with Gasteiger partial charge < -0.3 is 4.42 Å². The van der Waals surface area contributed by atoms with Crippen LogP contribution in [0.3, 0.4) is 0 Å². The van der Waals surface area contributed by atoms with Gasteiger partial charge in [0, 0.05) is 29.0 Å². The zero-order valence-electron chi connectivity index (χ0n) is 29.7. The van der Waals surface area contributed by atoms with Gasteiger partial charge in [-0.1, -0.05) is 95.5 Å². The van der Waals surface area contributed by atoms with Gasteiger partial charge in [-0.2, -0.15) is 0 Å². The molecule has 0 amide bonds. The van der Waals surface area contributed by atoms with Crippen LogP contribution in [0.1, 0.15) is 82.6 Å². The average Bonchev–Trinajstić information content (AvgIpc) is 3.67. The largest absolute Gasteiger partial charge is 0.569 e. The Kier molecular flexibility index (Phi) is 6.78. The van der Waals surface area contributed by atoms with E-state index in [2.05, 4.69) is 103 Å². The van der Waals surface area contributed by atoms with Crippen molar-refractivity contribution in [3.63, 3.8) is 0 Å². The molecule has 6 heteroatoms. The van der Waals surface area contributed by atoms with Crippen molar-refractivity contribution in [2.45, 2.75) is 78.8 Å². The minimum absolute atomic E-state index is 0.169. The number of aromatic nitrogens is 3. The third kappa shape index (κ3) is 4.38. The van der Waals surface area contributed by atoms with E-state index < -0.39 is 6.17 Å². The predicted octanol–water partition coefficient (Wildman–Crippen LogP) is 10.9. The van der Waals surface area contributed by atoms with E-state index in [1.807, 2.05) is 43.4 Å². The number of pyridine rings is 2. The van der Waals surface area contributed by atoms with Crippen LogP contribution >= 0.6 is 0 Å². The van der Waals surface area contributed by atoms with Gasteiger partial charge in [0.05, 0.1) is 16.5 Å². The number of nitrogens with zero attached hydrogens (tertiary/aromatic N) is 3. The molecule has 1 aliphatic heterocycles. The molecular weight excluding hydrogens is 612 g/mol. The lowest BCUT2D eigenvalue weighted by molar-refractivity contribution is -0.797. The Labute approximate surface area is 286 Å². The normalized spacial score (nSPS) is 14.1. The maximum Gasteiger partial charge on any atom is 0.569 e. The molecular formula is C43H43F2N3O+2. The van der Waals surface area contributed by atoms with Gasteiger partial charge in [-0.3, -0.25) is 0 Å². The molecule has 0 atom stereocenters. The van der Waals surface area contributed by atoms with Crippen LogP contribution < -0.4 is 9.13 Å². The highest BCUT2D eigenvalue weighted by atomic mass is 19.3. The fraction of sp³-hybridized carbons (Fsp3) is 0.302. The molecule has 0 fully saturated rings. The minimum atomic E-state index is -3.38. The third-order valence-electron chi connectivity index (χ3n) is 10.4. The van der Waals surface area contributed by atoms with Crippen molar-refractivity contribution in [3.8, 4) is 33.8 Å². The van der Waals surface area contributed by atoms with Gasteiger partial charge in [0.25, 0.3) is 0 Å². The number of rotatable bonds is 4. The molecule has 0 N–H and O–H groups in total. The molecule has 5 heterocycles. The summed E-state index contributed by atoms with van der Waals surface area (Å²) >= 11 is 0. The van der Waals surface area contributed by atoms with Crippen molar-refractivity contribution in [1.29, 1.82) is 0 Å². The summed E-state index contributed by atoms with van der Waals surface area (Å²) < 4.78 is 45.1. The zero-order chi connectivity index (χ0) is 34.7. The summed E-state index contributed by atoms with van der Waals surface area (Å²) in [6.07, 6.45) is -1.28. The van der Waals surface area contributed by atoms with Crippen LogP contribution in [-0.4, -0.2) is 4.57 Å². The first-order valence-corrected chi connectivity index (χ1v) is 17.3. The van der Waals surface area contributed by atoms with Crippen LogP contribution in [0.15, 0.2) is 89.5 Å². The lowest BCUT2D eigenvalue weighted by atomic mass is 9.84. The summed E-state index contributed by atoms with van der Waals surface area (Å²) in [7, 11) is 2.03. The number of furan rings is 1. The van der Waals surface area contributed by atoms with E-state index in [0.29, 0.717) is 39.7 Å². The summed E-state index contributed by atoms with van der Waals surface area (Å²) in [5.41, 5.74) is 10.7. The maximum absolute atomic E-state index is 17.0. The first kappa shape index (κ1) is 31.4. The standard InChI is InChI=1S/C43H43F2N3O/c1-24(2)28-14-12-15-29(25(3)4)37(28)27-21-22-46(9)35(23-27)36-26(5)17-18-30-31-19-20-34-39-38(42(6,7)8)32-13-10-11-16-33(32)47(39)43(44,45)48(34)41(31)49-40(30)36/h10-25H,1-9H3/q+2. The summed E-state index contributed by atoms with van der Waals surface area (Å²) in [4.78, 5) is 0. The van der Waals surface area contributed by atoms with Crippen molar-refractivity contribution in [1.82, 2.24) is 4.57 Å². The van der Waals surface area contributed by atoms with Crippen LogP contribution in [0, 0.1) is 6.92 Å². The predicted molar refractivity (Wildman–Crippen MR) is 194 cm³/mol. The van der Waals surface area contributed by atoms with Crippen molar-refractivity contribution in [3.05, 3.63) is 107 Å². The quantitative estimate of drug-likeness (QED) is 0.173. The number of fused-ring (bicyclic) bond motifs is 9. The van der Waals surface area contributed by atoms with Gasteiger partial charge in [0.2, 0.25) is 11.4 Å². The lowest BCUT2D eigenvalue weighted by Gasteiger charge is -2.20. The van der Waals surface area contributed by atoms with Crippen LogP contribution in [0.2, 0.25) is 0 Å². The molecule has 0 radical (unpaired) electrons. The molecule has 8 rings (SSSR count). The van der Waals surface area contributed by atoms with E-state index in [0.717, 1.165) is 43.3 Å². The van der Waals surface area contributed by atoms with Crippen molar-refractivity contribution in [2.24, 2.45) is 7.05 Å². The molecule has 49 heavy (non-hydrogen) atoms. The number of aryl methyl sites for hydroxylation is 2. The lowest BCUT2D eigenvalue weighted by Crippen LogP contribution is -2.51. The van der Waals surface area contributed by atoms with Gasteiger partial charge in [-0.25, -0.2) is 9.13 Å². The molecule has 4 nitrogen and oxygen atoms in total. The Morgan fingerprint density at radius 3 is 2.10 bits per heavy atom. The molecule has 7 aromatic rings. The van der Waals surface area contributed by atoms with Crippen molar-refractivity contribution in [2.75, 3.05) is 0 Å². The summed E-state index contributed by atoms with van der Waals surface area (Å²) in [6.45, 7) is 17.3.